The lowest BCUT2D eigenvalue weighted by molar-refractivity contribution is -0.198. The van der Waals surface area contributed by atoms with Gasteiger partial charge in [-0.2, -0.15) is 0 Å². The van der Waals surface area contributed by atoms with E-state index >= 15 is 0 Å². The third-order valence-corrected chi connectivity index (χ3v) is 5.54. The van der Waals surface area contributed by atoms with E-state index in [2.05, 4.69) is 0 Å². The van der Waals surface area contributed by atoms with Crippen molar-refractivity contribution < 1.29 is 38.3 Å². The van der Waals surface area contributed by atoms with Gasteiger partial charge in [0.05, 0.1) is 0 Å². The second kappa shape index (κ2) is 7.28. The minimum absolute atomic E-state index is 0.112. The van der Waals surface area contributed by atoms with Gasteiger partial charge in [0.15, 0.2) is 0 Å². The van der Waals surface area contributed by atoms with Gasteiger partial charge in [0.1, 0.15) is 5.66 Å². The smallest absolute Gasteiger partial charge is 0.345 e. The molecule has 4 atom stereocenters. The van der Waals surface area contributed by atoms with Crippen LogP contribution < -0.4 is 0 Å². The molecular weight excluding hydrogens is 355 g/mol. The first-order chi connectivity index (χ1) is 11.6. The molecule has 136 valence electrons. The molecule has 1 fully saturated rings. The number of amides is 4. The van der Waals surface area contributed by atoms with E-state index in [-0.39, 0.29) is 17.9 Å². The second-order valence-electron chi connectivity index (χ2n) is 5.79. The molecule has 0 spiro atoms. The maximum Gasteiger partial charge on any atom is 0.345 e. The molecule has 0 aliphatic carbocycles. The first kappa shape index (κ1) is 19.0. The molecule has 0 aromatic heterocycles. The Hall–Kier alpha value is -2.32. The number of nitrogens with zero attached hydrogens (tertiary/aromatic N) is 2. The van der Waals surface area contributed by atoms with Gasteiger partial charge in [-0.25, -0.2) is 4.79 Å². The highest BCUT2D eigenvalue weighted by Gasteiger charge is 2.43. The number of imide groups is 2. The second-order valence-corrected chi connectivity index (χ2v) is 7.09. The monoisotopic (exact) mass is 372 g/mol. The highest BCUT2D eigenvalue weighted by Crippen LogP contribution is 2.34. The summed E-state index contributed by atoms with van der Waals surface area (Å²) in [6, 6.07) is -0.876. The topological polar surface area (TPSA) is 138 Å². The lowest BCUT2D eigenvalue weighted by atomic mass is 9.98. The van der Waals surface area contributed by atoms with Crippen LogP contribution in [0.4, 0.5) is 0 Å². The van der Waals surface area contributed by atoms with Crippen LogP contribution >= 0.6 is 8.03 Å². The fraction of sp³-hybridized carbons (Fsp3) is 0.500. The molecule has 1 N–H and O–H groups in total. The third kappa shape index (κ3) is 3.69. The molecule has 0 aromatic rings. The first-order valence-corrected chi connectivity index (χ1v) is 8.94. The van der Waals surface area contributed by atoms with Crippen LogP contribution in [0.3, 0.4) is 0 Å². The molecule has 1 saturated heterocycles. The number of hydroxylamine groups is 2. The summed E-state index contributed by atoms with van der Waals surface area (Å²) in [4.78, 5) is 73.8. The molecule has 4 unspecified atom stereocenters. The Morgan fingerprint density at radius 1 is 1.12 bits per heavy atom. The highest BCUT2D eigenvalue weighted by molar-refractivity contribution is 7.40. The van der Waals surface area contributed by atoms with Crippen molar-refractivity contribution in [3.8, 4) is 0 Å². The van der Waals surface area contributed by atoms with E-state index in [0.29, 0.717) is 0 Å². The van der Waals surface area contributed by atoms with Crippen LogP contribution in [0.25, 0.3) is 0 Å². The third-order valence-electron chi connectivity index (χ3n) is 4.24. The Morgan fingerprint density at radius 2 is 1.60 bits per heavy atom. The fourth-order valence-electron chi connectivity index (χ4n) is 2.67. The number of hydrogen-bond acceptors (Lipinski definition) is 7. The molecule has 11 heteroatoms. The quantitative estimate of drug-likeness (QED) is 0.481. The van der Waals surface area contributed by atoms with Crippen molar-refractivity contribution in [2.75, 3.05) is 0 Å². The normalized spacial score (nSPS) is 22.4. The van der Waals surface area contributed by atoms with Gasteiger partial charge in [-0.15, -0.1) is 5.06 Å². The van der Waals surface area contributed by atoms with Crippen LogP contribution in [-0.2, 0) is 33.4 Å². The summed E-state index contributed by atoms with van der Waals surface area (Å²) in [7, 11) is -3.50. The lowest BCUT2D eigenvalue weighted by Crippen LogP contribution is -2.47. The zero-order chi connectivity index (χ0) is 18.9. The zero-order valence-corrected chi connectivity index (χ0v) is 14.5. The van der Waals surface area contributed by atoms with Crippen molar-refractivity contribution >= 4 is 37.6 Å². The van der Waals surface area contributed by atoms with E-state index < -0.39 is 55.2 Å². The number of rotatable bonds is 6. The maximum absolute atomic E-state index is 12.2. The van der Waals surface area contributed by atoms with Gasteiger partial charge in [0.2, 0.25) is 8.03 Å². The zero-order valence-electron chi connectivity index (χ0n) is 13.5. The molecule has 10 nitrogen and oxygen atoms in total. The minimum atomic E-state index is -3.50. The van der Waals surface area contributed by atoms with E-state index in [9.17, 15) is 33.4 Å². The fourth-order valence-corrected chi connectivity index (χ4v) is 3.65. The number of hydrogen-bond donors (Lipinski definition) is 1. The van der Waals surface area contributed by atoms with Crippen molar-refractivity contribution in [1.29, 1.82) is 0 Å². The van der Waals surface area contributed by atoms with Gasteiger partial charge < -0.3 is 9.73 Å². The van der Waals surface area contributed by atoms with Gasteiger partial charge in [-0.3, -0.25) is 28.6 Å². The van der Waals surface area contributed by atoms with E-state index in [1.165, 1.54) is 13.8 Å². The van der Waals surface area contributed by atoms with Gasteiger partial charge in [-0.1, -0.05) is 6.92 Å². The van der Waals surface area contributed by atoms with E-state index in [4.69, 9.17) is 4.84 Å². The SMILES string of the molecule is CC(C(C)N1C(=O)C=CC1=O)C(C(=O)ON1C(=O)CCC1=O)[PH](=O)O. The van der Waals surface area contributed by atoms with Crippen LogP contribution in [-0.4, -0.2) is 56.2 Å². The standard InChI is InChI=1S/C14H17N2O8P/c1-7(8(2)15-9(17)3-4-10(15)18)13(25(22)23)14(21)24-16-11(19)5-6-12(16)20/h3-4,7-8,13,25H,5-6H2,1-2H3,(H,22,23). The molecular formula is C14H17N2O8P. The van der Waals surface area contributed by atoms with Crippen molar-refractivity contribution in [2.24, 2.45) is 5.92 Å². The largest absolute Gasteiger partial charge is 0.346 e. The van der Waals surface area contributed by atoms with E-state index in [1.807, 2.05) is 0 Å². The van der Waals surface area contributed by atoms with Crippen LogP contribution in [0.1, 0.15) is 26.7 Å². The van der Waals surface area contributed by atoms with Crippen molar-refractivity contribution in [2.45, 2.75) is 38.4 Å². The maximum atomic E-state index is 12.2. The van der Waals surface area contributed by atoms with Crippen molar-refractivity contribution in [3.63, 3.8) is 0 Å². The summed E-state index contributed by atoms with van der Waals surface area (Å²) in [6.07, 6.45) is 1.89. The molecule has 2 heterocycles. The Bertz CT molecular complexity index is 669. The van der Waals surface area contributed by atoms with Gasteiger partial charge in [-0.05, 0) is 12.8 Å². The Labute approximate surface area is 143 Å². The van der Waals surface area contributed by atoms with Gasteiger partial charge in [0, 0.05) is 31.0 Å². The van der Waals surface area contributed by atoms with E-state index in [0.717, 1.165) is 17.1 Å². The van der Waals surface area contributed by atoms with Crippen LogP contribution in [0.2, 0.25) is 0 Å². The molecule has 2 aliphatic rings. The summed E-state index contributed by atoms with van der Waals surface area (Å²) in [5.74, 6) is -4.81. The molecule has 2 aliphatic heterocycles. The van der Waals surface area contributed by atoms with Crippen LogP contribution in [0.15, 0.2) is 12.2 Å². The predicted octanol–water partition coefficient (Wildman–Crippen LogP) is -0.621. The Kier molecular flexibility index (Phi) is 5.54. The Balaban J connectivity index is 2.16. The average Bonchev–Trinajstić information content (AvgIpc) is 3.02. The summed E-state index contributed by atoms with van der Waals surface area (Å²) >= 11 is 0. The number of carbonyl (C=O) groups is 5. The van der Waals surface area contributed by atoms with Crippen LogP contribution in [0.5, 0.6) is 0 Å². The van der Waals surface area contributed by atoms with E-state index in [1.54, 1.807) is 0 Å². The van der Waals surface area contributed by atoms with Gasteiger partial charge >= 0.3 is 5.97 Å². The summed E-state index contributed by atoms with van der Waals surface area (Å²) in [5.41, 5.74) is -1.60. The van der Waals surface area contributed by atoms with Gasteiger partial charge in [0.25, 0.3) is 23.6 Å². The molecule has 25 heavy (non-hydrogen) atoms. The number of carbonyl (C=O) groups excluding carboxylic acids is 5. The molecule has 0 radical (unpaired) electrons. The summed E-state index contributed by atoms with van der Waals surface area (Å²) < 4.78 is 11.7. The minimum Gasteiger partial charge on any atom is -0.346 e. The lowest BCUT2D eigenvalue weighted by Gasteiger charge is -2.31. The summed E-state index contributed by atoms with van der Waals surface area (Å²) in [5, 5.41) is 0.283. The molecule has 2 rings (SSSR count). The molecule has 0 aromatic carbocycles. The predicted molar refractivity (Wildman–Crippen MR) is 81.8 cm³/mol. The van der Waals surface area contributed by atoms with Crippen molar-refractivity contribution in [1.82, 2.24) is 9.96 Å². The molecule has 0 bridgehead atoms. The average molecular weight is 372 g/mol. The molecule has 4 amide bonds. The van der Waals surface area contributed by atoms with Crippen molar-refractivity contribution in [3.05, 3.63) is 12.2 Å². The Morgan fingerprint density at radius 3 is 2.04 bits per heavy atom. The summed E-state index contributed by atoms with van der Waals surface area (Å²) in [6.45, 7) is 2.85. The molecule has 0 saturated carbocycles. The first-order valence-electron chi connectivity index (χ1n) is 7.50. The van der Waals surface area contributed by atoms with Crippen LogP contribution in [0, 0.1) is 5.92 Å². The highest BCUT2D eigenvalue weighted by atomic mass is 31.1.